The van der Waals surface area contributed by atoms with Gasteiger partial charge in [-0.25, -0.2) is 4.79 Å². The van der Waals surface area contributed by atoms with Gasteiger partial charge < -0.3 is 10.1 Å². The van der Waals surface area contributed by atoms with Crippen LogP contribution < -0.4 is 5.32 Å². The molecule has 0 aromatic carbocycles. The minimum absolute atomic E-state index is 0.0227. The van der Waals surface area contributed by atoms with Crippen LogP contribution in [0.25, 0.3) is 0 Å². The molecular formula is C13H20INO2. The molecule has 0 bridgehead atoms. The molecule has 1 saturated heterocycles. The molecule has 2 rings (SSSR count). The van der Waals surface area contributed by atoms with Crippen molar-refractivity contribution in [1.29, 1.82) is 0 Å². The standard InChI is InChI=1S/C13H20INO2/c14-8-4-7-11-9-12(15-13(16)17-11)10-5-2-1-3-6-10/h4,7,10-12H,1-3,5-6,8-9H2,(H,15,16)/b7-4+/t11-,12-/m0/s1. The lowest BCUT2D eigenvalue weighted by atomic mass is 9.81. The van der Waals surface area contributed by atoms with Crippen LogP contribution in [0.3, 0.4) is 0 Å². The van der Waals surface area contributed by atoms with Gasteiger partial charge in [-0.1, -0.05) is 47.9 Å². The van der Waals surface area contributed by atoms with Crippen molar-refractivity contribution in [3.05, 3.63) is 12.2 Å². The Balaban J connectivity index is 1.92. The minimum Gasteiger partial charge on any atom is -0.442 e. The molecule has 2 atom stereocenters. The number of alkyl halides is 1. The SMILES string of the molecule is O=C1N[C@H](C2CCCCC2)C[C@H](/C=C/CI)O1. The molecule has 1 amide bonds. The minimum atomic E-state index is -0.241. The zero-order valence-corrected chi connectivity index (χ0v) is 12.2. The lowest BCUT2D eigenvalue weighted by Crippen LogP contribution is -2.49. The number of rotatable bonds is 3. The third-order valence-corrected chi connectivity index (χ3v) is 4.22. The van der Waals surface area contributed by atoms with Crippen LogP contribution in [0, 0.1) is 5.92 Å². The third kappa shape index (κ3) is 3.86. The molecule has 17 heavy (non-hydrogen) atoms. The fourth-order valence-electron chi connectivity index (χ4n) is 2.85. The molecule has 3 nitrogen and oxygen atoms in total. The first-order valence-corrected chi connectivity index (χ1v) is 8.02. The lowest BCUT2D eigenvalue weighted by Gasteiger charge is -2.35. The van der Waals surface area contributed by atoms with Crippen LogP contribution in [0.15, 0.2) is 12.2 Å². The van der Waals surface area contributed by atoms with E-state index in [1.165, 1.54) is 32.1 Å². The zero-order chi connectivity index (χ0) is 12.1. The number of hydrogen-bond acceptors (Lipinski definition) is 2. The van der Waals surface area contributed by atoms with Crippen LogP contribution in [0.1, 0.15) is 38.5 Å². The molecule has 96 valence electrons. The highest BCUT2D eigenvalue weighted by Crippen LogP contribution is 2.30. The smallest absolute Gasteiger partial charge is 0.407 e. The molecule has 4 heteroatoms. The summed E-state index contributed by atoms with van der Waals surface area (Å²) < 4.78 is 6.23. The fourth-order valence-corrected chi connectivity index (χ4v) is 3.14. The summed E-state index contributed by atoms with van der Waals surface area (Å²) in [7, 11) is 0. The molecule has 2 fully saturated rings. The number of alkyl carbamates (subject to hydrolysis) is 1. The maximum atomic E-state index is 11.5. The molecule has 0 spiro atoms. The van der Waals surface area contributed by atoms with Crippen LogP contribution in [-0.2, 0) is 4.74 Å². The summed E-state index contributed by atoms with van der Waals surface area (Å²) in [6.07, 6.45) is 11.3. The second-order valence-electron chi connectivity index (χ2n) is 4.91. The predicted molar refractivity (Wildman–Crippen MR) is 76.4 cm³/mol. The zero-order valence-electron chi connectivity index (χ0n) is 10.0. The van der Waals surface area contributed by atoms with Gasteiger partial charge in [0.05, 0.1) is 0 Å². The quantitative estimate of drug-likeness (QED) is 0.482. The largest absolute Gasteiger partial charge is 0.442 e. The van der Waals surface area contributed by atoms with E-state index in [4.69, 9.17) is 4.74 Å². The Bertz CT molecular complexity index is 287. The second kappa shape index (κ2) is 6.61. The van der Waals surface area contributed by atoms with E-state index in [9.17, 15) is 4.79 Å². The van der Waals surface area contributed by atoms with Crippen LogP contribution in [-0.4, -0.2) is 22.7 Å². The molecule has 0 unspecified atom stereocenters. The predicted octanol–water partition coefficient (Wildman–Crippen LogP) is 3.43. The van der Waals surface area contributed by atoms with E-state index in [0.29, 0.717) is 12.0 Å². The topological polar surface area (TPSA) is 38.3 Å². The Kier molecular flexibility index (Phi) is 5.13. The Labute approximate surface area is 117 Å². The molecule has 1 saturated carbocycles. The summed E-state index contributed by atoms with van der Waals surface area (Å²) in [6.45, 7) is 0. The monoisotopic (exact) mass is 349 g/mol. The Morgan fingerprint density at radius 1 is 1.35 bits per heavy atom. The van der Waals surface area contributed by atoms with Gasteiger partial charge in [-0.15, -0.1) is 0 Å². The van der Waals surface area contributed by atoms with Crippen molar-refractivity contribution in [1.82, 2.24) is 5.32 Å². The summed E-state index contributed by atoms with van der Waals surface area (Å²) in [5.41, 5.74) is 0. The van der Waals surface area contributed by atoms with Gasteiger partial charge in [-0.3, -0.25) is 0 Å². The molecule has 0 aromatic heterocycles. The van der Waals surface area contributed by atoms with Gasteiger partial charge in [-0.05, 0) is 24.8 Å². The van der Waals surface area contributed by atoms with Crippen molar-refractivity contribution < 1.29 is 9.53 Å². The van der Waals surface area contributed by atoms with Crippen molar-refractivity contribution in [3.8, 4) is 0 Å². The second-order valence-corrected chi connectivity index (χ2v) is 5.79. The van der Waals surface area contributed by atoms with Crippen LogP contribution in [0.5, 0.6) is 0 Å². The average Bonchev–Trinajstić information content (AvgIpc) is 2.37. The van der Waals surface area contributed by atoms with Gasteiger partial charge in [0.25, 0.3) is 0 Å². The molecule has 1 aliphatic carbocycles. The van der Waals surface area contributed by atoms with Crippen molar-refractivity contribution in [2.45, 2.75) is 50.7 Å². The number of allylic oxidation sites excluding steroid dienone is 1. The maximum absolute atomic E-state index is 11.5. The van der Waals surface area contributed by atoms with E-state index in [2.05, 4.69) is 34.0 Å². The maximum Gasteiger partial charge on any atom is 0.407 e. The van der Waals surface area contributed by atoms with E-state index in [1.54, 1.807) is 0 Å². The number of ether oxygens (including phenoxy) is 1. The first-order chi connectivity index (χ1) is 8.29. The van der Waals surface area contributed by atoms with E-state index >= 15 is 0 Å². The number of halogens is 1. The van der Waals surface area contributed by atoms with Gasteiger partial charge in [0.1, 0.15) is 6.10 Å². The lowest BCUT2D eigenvalue weighted by molar-refractivity contribution is 0.0660. The van der Waals surface area contributed by atoms with E-state index in [-0.39, 0.29) is 12.2 Å². The van der Waals surface area contributed by atoms with Crippen LogP contribution in [0.4, 0.5) is 4.79 Å². The van der Waals surface area contributed by atoms with E-state index in [1.807, 2.05) is 6.08 Å². The first-order valence-electron chi connectivity index (χ1n) is 6.49. The van der Waals surface area contributed by atoms with Crippen LogP contribution in [0.2, 0.25) is 0 Å². The highest BCUT2D eigenvalue weighted by Gasteiger charge is 2.32. The molecule has 1 aliphatic heterocycles. The summed E-state index contributed by atoms with van der Waals surface area (Å²) in [5.74, 6) is 0.659. The first kappa shape index (κ1) is 13.2. The van der Waals surface area contributed by atoms with Gasteiger partial charge in [0, 0.05) is 16.9 Å². The van der Waals surface area contributed by atoms with Gasteiger partial charge >= 0.3 is 6.09 Å². The van der Waals surface area contributed by atoms with E-state index in [0.717, 1.165) is 10.8 Å². The number of amides is 1. The van der Waals surface area contributed by atoms with Gasteiger partial charge in [-0.2, -0.15) is 0 Å². The van der Waals surface area contributed by atoms with Crippen molar-refractivity contribution >= 4 is 28.7 Å². The molecule has 2 aliphatic rings. The fraction of sp³-hybridized carbons (Fsp3) is 0.769. The normalized spacial score (nSPS) is 31.2. The van der Waals surface area contributed by atoms with Gasteiger partial charge in [0.2, 0.25) is 0 Å². The third-order valence-electron chi connectivity index (χ3n) is 3.71. The van der Waals surface area contributed by atoms with Crippen molar-refractivity contribution in [3.63, 3.8) is 0 Å². The highest BCUT2D eigenvalue weighted by atomic mass is 127. The Morgan fingerprint density at radius 2 is 2.12 bits per heavy atom. The van der Waals surface area contributed by atoms with Crippen LogP contribution >= 0.6 is 22.6 Å². The number of hydrogen-bond donors (Lipinski definition) is 1. The van der Waals surface area contributed by atoms with Gasteiger partial charge in [0.15, 0.2) is 0 Å². The molecule has 1 heterocycles. The number of carbonyl (C=O) groups excluding carboxylic acids is 1. The molecule has 0 aromatic rings. The number of nitrogens with one attached hydrogen (secondary N) is 1. The van der Waals surface area contributed by atoms with Crippen molar-refractivity contribution in [2.24, 2.45) is 5.92 Å². The van der Waals surface area contributed by atoms with Crippen molar-refractivity contribution in [2.75, 3.05) is 4.43 Å². The summed E-state index contributed by atoms with van der Waals surface area (Å²) in [4.78, 5) is 11.5. The summed E-state index contributed by atoms with van der Waals surface area (Å²) in [5, 5.41) is 3.00. The Hall–Kier alpha value is -0.260. The number of cyclic esters (lactones) is 1. The molecule has 0 radical (unpaired) electrons. The average molecular weight is 349 g/mol. The molecule has 1 N–H and O–H groups in total. The summed E-state index contributed by atoms with van der Waals surface area (Å²) >= 11 is 2.29. The molecular weight excluding hydrogens is 329 g/mol. The Morgan fingerprint density at radius 3 is 2.82 bits per heavy atom. The van der Waals surface area contributed by atoms with E-state index < -0.39 is 0 Å². The number of carbonyl (C=O) groups is 1. The summed E-state index contributed by atoms with van der Waals surface area (Å²) in [6, 6.07) is 0.320. The highest BCUT2D eigenvalue weighted by molar-refractivity contribution is 14.1.